The molecule has 44 valence electrons. The van der Waals surface area contributed by atoms with Gasteiger partial charge in [0.15, 0.2) is 0 Å². The molecule has 0 aromatic rings. The van der Waals surface area contributed by atoms with Gasteiger partial charge in [-0.25, -0.2) is 4.57 Å². The van der Waals surface area contributed by atoms with Crippen LogP contribution in [-0.4, -0.2) is 75.5 Å². The van der Waals surface area contributed by atoms with E-state index in [0.29, 0.717) is 0 Å². The summed E-state index contributed by atoms with van der Waals surface area (Å²) in [7, 11) is -4.64. The van der Waals surface area contributed by atoms with Crippen LogP contribution < -0.4 is 80.9 Å². The van der Waals surface area contributed by atoms with Crippen molar-refractivity contribution in [3.8, 4) is 0 Å². The minimum atomic E-state index is -4.64. The summed E-state index contributed by atoms with van der Waals surface area (Å²) < 4.78 is 8.88. The molecule has 0 rings (SSSR count). The van der Waals surface area contributed by atoms with Crippen LogP contribution in [0.3, 0.4) is 0 Å². The van der Waals surface area contributed by atoms with Crippen LogP contribution in [0.4, 0.5) is 0 Å². The summed E-state index contributed by atoms with van der Waals surface area (Å²) in [5.41, 5.74) is 0. The molecule has 0 aliphatic heterocycles. The SMILES string of the molecule is O=P(O)(O)O.[Ca+2].[H-].[H-].[H-].[H-].[H-].[H-].[K+].[Mg+2].[Na+]. The van der Waals surface area contributed by atoms with Gasteiger partial charge in [-0.2, -0.15) is 0 Å². The molecule has 3 N–H and O–H groups in total. The zero-order valence-electron chi connectivity index (χ0n) is 11.6. The summed E-state index contributed by atoms with van der Waals surface area (Å²) in [5, 5.41) is 0. The van der Waals surface area contributed by atoms with Crippen molar-refractivity contribution in [2.75, 3.05) is 0 Å². The van der Waals surface area contributed by atoms with Gasteiger partial charge in [-0.1, -0.05) is 0 Å². The third kappa shape index (κ3) is 65.1. The summed E-state index contributed by atoms with van der Waals surface area (Å²) in [5.74, 6) is 0. The molecule has 0 amide bonds. The van der Waals surface area contributed by atoms with E-state index in [1.54, 1.807) is 0 Å². The molecule has 0 heterocycles. The molecule has 0 aromatic heterocycles. The summed E-state index contributed by atoms with van der Waals surface area (Å²) in [6, 6.07) is 0. The van der Waals surface area contributed by atoms with E-state index < -0.39 is 7.82 Å². The molecule has 0 spiro atoms. The molecule has 0 saturated heterocycles. The van der Waals surface area contributed by atoms with Crippen molar-refractivity contribution in [1.29, 1.82) is 0 Å². The van der Waals surface area contributed by atoms with E-state index in [1.807, 2.05) is 0 Å². The van der Waals surface area contributed by atoms with Gasteiger partial charge in [-0.3, -0.25) is 0 Å². The van der Waals surface area contributed by atoms with Gasteiger partial charge >= 0.3 is 150 Å². The van der Waals surface area contributed by atoms with Crippen molar-refractivity contribution in [2.24, 2.45) is 0 Å². The Bertz CT molecular complexity index is 81.3. The molecule has 0 radical (unpaired) electrons. The van der Waals surface area contributed by atoms with Crippen molar-refractivity contribution in [1.82, 2.24) is 0 Å². The second-order valence-corrected chi connectivity index (χ2v) is 1.54. The first kappa shape index (κ1) is 29.2. The van der Waals surface area contributed by atoms with Crippen LogP contribution in [0.5, 0.6) is 0 Å². The van der Waals surface area contributed by atoms with Gasteiger partial charge in [0.05, 0.1) is 0 Å². The second kappa shape index (κ2) is 15.3. The molecule has 0 atom stereocenters. The average Bonchev–Trinajstić information content (AvgIpc) is 0.722. The summed E-state index contributed by atoms with van der Waals surface area (Å²) in [4.78, 5) is 21.6. The van der Waals surface area contributed by atoms with Gasteiger partial charge in [0.25, 0.3) is 0 Å². The fourth-order valence-electron chi connectivity index (χ4n) is 0. The Morgan fingerprint density at radius 3 is 1.22 bits per heavy atom. The fraction of sp³-hybridized carbons (Fsp3) is 0. The van der Waals surface area contributed by atoms with E-state index in [2.05, 4.69) is 0 Å². The predicted octanol–water partition coefficient (Wildman–Crippen LogP) is -7.01. The number of hydrogen-bond donors (Lipinski definition) is 3. The first-order chi connectivity index (χ1) is 2.00. The monoisotopic (exact) mass is 230 g/mol. The molecule has 0 bridgehead atoms. The standard InChI is InChI=1S/Ca.K.Mg.Na.H3O4P.6H/c;;;;1-5(2,3)4;;;;;;/h;;;;(H3,1,2,3,4);;;;;;/q+2;+1;+2;+1;;6*-1. The smallest absolute Gasteiger partial charge is 1.00 e. The second-order valence-electron chi connectivity index (χ2n) is 0.513. The summed E-state index contributed by atoms with van der Waals surface area (Å²) in [6.45, 7) is 0. The van der Waals surface area contributed by atoms with E-state index in [9.17, 15) is 0 Å². The number of rotatable bonds is 0. The Morgan fingerprint density at radius 1 is 1.22 bits per heavy atom. The van der Waals surface area contributed by atoms with Gasteiger partial charge in [-0.05, 0) is 0 Å². The van der Waals surface area contributed by atoms with Gasteiger partial charge in [0.1, 0.15) is 0 Å². The van der Waals surface area contributed by atoms with E-state index in [1.165, 1.54) is 0 Å². The first-order valence-corrected chi connectivity index (χ1v) is 2.35. The third-order valence-electron chi connectivity index (χ3n) is 0. The van der Waals surface area contributed by atoms with Crippen LogP contribution >= 0.6 is 7.82 Å². The average molecular weight is 231 g/mol. The molecule has 9 heteroatoms. The van der Waals surface area contributed by atoms with Crippen molar-refractivity contribution in [2.45, 2.75) is 0 Å². The van der Waals surface area contributed by atoms with E-state index >= 15 is 0 Å². The fourth-order valence-corrected chi connectivity index (χ4v) is 0. The van der Waals surface area contributed by atoms with Gasteiger partial charge in [-0.15, -0.1) is 0 Å². The first-order valence-electron chi connectivity index (χ1n) is 0.783. The van der Waals surface area contributed by atoms with Crippen LogP contribution in [0, 0.1) is 0 Å². The van der Waals surface area contributed by atoms with Crippen LogP contribution in [0.15, 0.2) is 0 Å². The molecule has 0 fully saturated rings. The van der Waals surface area contributed by atoms with Crippen LogP contribution in [0.25, 0.3) is 0 Å². The molecule has 9 heavy (non-hydrogen) atoms. The topological polar surface area (TPSA) is 77.8 Å². The van der Waals surface area contributed by atoms with Crippen LogP contribution in [0.2, 0.25) is 0 Å². The van der Waals surface area contributed by atoms with Gasteiger partial charge in [0.2, 0.25) is 0 Å². The summed E-state index contributed by atoms with van der Waals surface area (Å²) in [6.07, 6.45) is 0. The predicted molar refractivity (Wildman–Crippen MR) is 32.4 cm³/mol. The van der Waals surface area contributed by atoms with Crippen molar-refractivity contribution in [3.05, 3.63) is 0 Å². The van der Waals surface area contributed by atoms with Gasteiger partial charge in [0, 0.05) is 0 Å². The maximum Gasteiger partial charge on any atom is 2.00 e. The van der Waals surface area contributed by atoms with E-state index in [-0.39, 0.29) is 150 Å². The maximum absolute atomic E-state index is 8.88. The van der Waals surface area contributed by atoms with Crippen molar-refractivity contribution in [3.63, 3.8) is 0 Å². The van der Waals surface area contributed by atoms with Crippen molar-refractivity contribution < 1.29 is 109 Å². The van der Waals surface area contributed by atoms with Crippen LogP contribution in [-0.2, 0) is 4.57 Å². The zero-order chi connectivity index (χ0) is 4.50. The Kier molecular flexibility index (Phi) is 49.5. The molecular formula is H9CaKMgNaO4P. The molecule has 0 aromatic carbocycles. The quantitative estimate of drug-likeness (QED) is 0.286. The maximum atomic E-state index is 8.88. The Hall–Kier alpha value is 4.77. The molecule has 0 aliphatic carbocycles. The third-order valence-corrected chi connectivity index (χ3v) is 0. The zero-order valence-corrected chi connectivity index (χ0v) is 15.3. The van der Waals surface area contributed by atoms with Gasteiger partial charge < -0.3 is 23.2 Å². The molecule has 4 nitrogen and oxygen atoms in total. The summed E-state index contributed by atoms with van der Waals surface area (Å²) >= 11 is 0. The molecule has 0 unspecified atom stereocenters. The van der Waals surface area contributed by atoms with E-state index in [0.717, 1.165) is 0 Å². The van der Waals surface area contributed by atoms with E-state index in [4.69, 9.17) is 19.2 Å². The van der Waals surface area contributed by atoms with Crippen molar-refractivity contribution >= 4 is 68.6 Å². The molecule has 0 saturated carbocycles. The number of phosphoric acid groups is 1. The largest absolute Gasteiger partial charge is 2.00 e. The molecule has 0 aliphatic rings. The molecular weight excluding hydrogens is 221 g/mol. The Labute approximate surface area is 173 Å². The Morgan fingerprint density at radius 2 is 1.22 bits per heavy atom. The normalized spacial score (nSPS) is 6.56. The Balaban J connectivity index is -0.00000000178. The van der Waals surface area contributed by atoms with Crippen LogP contribution in [0.1, 0.15) is 8.56 Å². The minimum Gasteiger partial charge on any atom is -1.00 e. The minimum absolute atomic E-state index is 0. The number of hydrogen-bond acceptors (Lipinski definition) is 1.